The second-order valence-corrected chi connectivity index (χ2v) is 6.54. The molecule has 0 spiro atoms. The number of carbonyl (C=O) groups is 1. The lowest BCUT2D eigenvalue weighted by atomic mass is 9.86. The fourth-order valence-electron chi connectivity index (χ4n) is 2.70. The number of halogens is 1. The van der Waals surface area contributed by atoms with E-state index in [1.54, 1.807) is 22.7 Å². The van der Waals surface area contributed by atoms with Gasteiger partial charge in [0.1, 0.15) is 0 Å². The Balaban J connectivity index is 2.08. The van der Waals surface area contributed by atoms with E-state index in [2.05, 4.69) is 11.0 Å². The van der Waals surface area contributed by atoms with E-state index in [9.17, 15) is 10.1 Å². The third-order valence-corrected chi connectivity index (χ3v) is 5.34. The van der Waals surface area contributed by atoms with Crippen LogP contribution in [0.5, 0.6) is 0 Å². The number of thioether (sulfide) groups is 1. The molecule has 108 valence electrons. The molecule has 1 fully saturated rings. The SMILES string of the molecule is CN1CSC2=C(C#N)[C@@H](c3ccccc3Cl)CC(=O)N2C1. The highest BCUT2D eigenvalue weighted by molar-refractivity contribution is 8.03. The standard InChI is InChI=1S/C15H14ClN3OS/c1-18-8-19-14(20)6-11(10-4-2-3-5-13(10)16)12(7-17)15(19)21-9-18/h2-5,11H,6,8-9H2,1H3/t11-/m1/s1. The molecular formula is C15H14ClN3OS. The zero-order chi connectivity index (χ0) is 15.0. The number of amides is 1. The largest absolute Gasteiger partial charge is 0.292 e. The molecule has 1 amide bonds. The van der Waals surface area contributed by atoms with Crippen molar-refractivity contribution in [1.29, 1.82) is 5.26 Å². The first-order valence-electron chi connectivity index (χ1n) is 6.62. The number of nitriles is 1. The number of hydrogen-bond donors (Lipinski definition) is 0. The topological polar surface area (TPSA) is 47.3 Å². The summed E-state index contributed by atoms with van der Waals surface area (Å²) in [5, 5.41) is 11.0. The number of rotatable bonds is 1. The van der Waals surface area contributed by atoms with Gasteiger partial charge >= 0.3 is 0 Å². The Morgan fingerprint density at radius 2 is 2.19 bits per heavy atom. The highest BCUT2D eigenvalue weighted by Gasteiger charge is 2.38. The Bertz CT molecular complexity index is 667. The van der Waals surface area contributed by atoms with Crippen LogP contribution in [0.2, 0.25) is 5.02 Å². The van der Waals surface area contributed by atoms with E-state index >= 15 is 0 Å². The quantitative estimate of drug-likeness (QED) is 0.798. The molecule has 0 N–H and O–H groups in total. The zero-order valence-electron chi connectivity index (χ0n) is 11.5. The van der Waals surface area contributed by atoms with Crippen LogP contribution in [0.25, 0.3) is 0 Å². The summed E-state index contributed by atoms with van der Waals surface area (Å²) in [6, 6.07) is 9.74. The van der Waals surface area contributed by atoms with Gasteiger partial charge in [-0.3, -0.25) is 14.6 Å². The van der Waals surface area contributed by atoms with E-state index in [4.69, 9.17) is 11.6 Å². The van der Waals surface area contributed by atoms with Crippen LogP contribution in [0.3, 0.4) is 0 Å². The summed E-state index contributed by atoms with van der Waals surface area (Å²) in [4.78, 5) is 16.2. The molecule has 4 nitrogen and oxygen atoms in total. The molecule has 0 aromatic heterocycles. The molecule has 2 aliphatic heterocycles. The molecular weight excluding hydrogens is 306 g/mol. The van der Waals surface area contributed by atoms with Crippen LogP contribution in [0.15, 0.2) is 34.9 Å². The van der Waals surface area contributed by atoms with E-state index in [0.717, 1.165) is 16.5 Å². The van der Waals surface area contributed by atoms with E-state index < -0.39 is 0 Å². The van der Waals surface area contributed by atoms with Crippen LogP contribution in [-0.2, 0) is 4.79 Å². The second-order valence-electron chi connectivity index (χ2n) is 5.20. The van der Waals surface area contributed by atoms with Gasteiger partial charge in [-0.05, 0) is 18.7 Å². The van der Waals surface area contributed by atoms with Gasteiger partial charge in [0.05, 0.1) is 29.2 Å². The third-order valence-electron chi connectivity index (χ3n) is 3.71. The number of carbonyl (C=O) groups excluding carboxylic acids is 1. The highest BCUT2D eigenvalue weighted by Crippen LogP contribution is 2.43. The van der Waals surface area contributed by atoms with Crippen molar-refractivity contribution in [3.05, 3.63) is 45.5 Å². The van der Waals surface area contributed by atoms with Crippen molar-refractivity contribution in [3.63, 3.8) is 0 Å². The molecule has 0 aliphatic carbocycles. The van der Waals surface area contributed by atoms with Crippen LogP contribution in [0.4, 0.5) is 0 Å². The molecule has 0 bridgehead atoms. The Labute approximate surface area is 133 Å². The minimum atomic E-state index is -0.238. The van der Waals surface area contributed by atoms with Gasteiger partial charge in [-0.15, -0.1) is 0 Å². The van der Waals surface area contributed by atoms with Gasteiger partial charge < -0.3 is 0 Å². The molecule has 0 unspecified atom stereocenters. The van der Waals surface area contributed by atoms with Crippen molar-refractivity contribution in [2.45, 2.75) is 12.3 Å². The normalized spacial score (nSPS) is 23.0. The number of hydrogen-bond acceptors (Lipinski definition) is 4. The molecule has 1 aromatic carbocycles. The molecule has 6 heteroatoms. The molecule has 2 heterocycles. The molecule has 0 radical (unpaired) electrons. The Kier molecular flexibility index (Phi) is 3.94. The molecule has 2 aliphatic rings. The molecule has 3 rings (SSSR count). The average molecular weight is 320 g/mol. The first-order valence-corrected chi connectivity index (χ1v) is 7.98. The Hall–Kier alpha value is -1.48. The lowest BCUT2D eigenvalue weighted by molar-refractivity contribution is -0.131. The number of allylic oxidation sites excluding steroid dienone is 1. The maximum atomic E-state index is 12.4. The van der Waals surface area contributed by atoms with E-state index in [1.165, 1.54) is 0 Å². The van der Waals surface area contributed by atoms with Crippen molar-refractivity contribution in [3.8, 4) is 6.07 Å². The summed E-state index contributed by atoms with van der Waals surface area (Å²) < 4.78 is 0. The van der Waals surface area contributed by atoms with Gasteiger partial charge in [0.2, 0.25) is 5.91 Å². The monoisotopic (exact) mass is 319 g/mol. The fraction of sp³-hybridized carbons (Fsp3) is 0.333. The van der Waals surface area contributed by atoms with Gasteiger partial charge in [-0.2, -0.15) is 5.26 Å². The predicted octanol–water partition coefficient (Wildman–Crippen LogP) is 2.98. The molecule has 1 aromatic rings. The van der Waals surface area contributed by atoms with Gasteiger partial charge in [0, 0.05) is 17.4 Å². The molecule has 1 saturated heterocycles. The van der Waals surface area contributed by atoms with Crippen molar-refractivity contribution in [2.75, 3.05) is 19.6 Å². The van der Waals surface area contributed by atoms with Gasteiger partial charge in [0.15, 0.2) is 0 Å². The number of nitrogens with zero attached hydrogens (tertiary/aromatic N) is 3. The first-order chi connectivity index (χ1) is 10.1. The minimum Gasteiger partial charge on any atom is -0.292 e. The maximum Gasteiger partial charge on any atom is 0.229 e. The lowest BCUT2D eigenvalue weighted by Gasteiger charge is -2.40. The predicted molar refractivity (Wildman–Crippen MR) is 83.4 cm³/mol. The Morgan fingerprint density at radius 1 is 1.43 bits per heavy atom. The smallest absolute Gasteiger partial charge is 0.229 e. The van der Waals surface area contributed by atoms with Crippen molar-refractivity contribution >= 4 is 29.3 Å². The summed E-state index contributed by atoms with van der Waals surface area (Å²) in [5.41, 5.74) is 1.51. The van der Waals surface area contributed by atoms with Gasteiger partial charge in [-0.1, -0.05) is 41.6 Å². The third kappa shape index (κ3) is 2.55. The van der Waals surface area contributed by atoms with E-state index in [-0.39, 0.29) is 11.8 Å². The summed E-state index contributed by atoms with van der Waals surface area (Å²) in [6.07, 6.45) is 0.296. The van der Waals surface area contributed by atoms with E-state index in [1.807, 2.05) is 25.2 Å². The van der Waals surface area contributed by atoms with Gasteiger partial charge in [-0.25, -0.2) is 0 Å². The van der Waals surface area contributed by atoms with Crippen LogP contribution < -0.4 is 0 Å². The molecule has 0 saturated carbocycles. The van der Waals surface area contributed by atoms with Crippen molar-refractivity contribution < 1.29 is 4.79 Å². The molecule has 21 heavy (non-hydrogen) atoms. The summed E-state index contributed by atoms with van der Waals surface area (Å²) >= 11 is 7.79. The fourth-order valence-corrected chi connectivity index (χ4v) is 4.05. The second kappa shape index (κ2) is 5.72. The summed E-state index contributed by atoms with van der Waals surface area (Å²) in [6.45, 7) is 0.543. The Morgan fingerprint density at radius 3 is 2.90 bits per heavy atom. The number of fused-ring (bicyclic) bond motifs is 1. The molecule has 1 atom stereocenters. The van der Waals surface area contributed by atoms with Crippen LogP contribution >= 0.6 is 23.4 Å². The zero-order valence-corrected chi connectivity index (χ0v) is 13.1. The number of benzene rings is 1. The van der Waals surface area contributed by atoms with Gasteiger partial charge in [0.25, 0.3) is 0 Å². The lowest BCUT2D eigenvalue weighted by Crippen LogP contribution is -2.45. The minimum absolute atomic E-state index is 0.0490. The van der Waals surface area contributed by atoms with Crippen LogP contribution in [-0.4, -0.2) is 35.3 Å². The maximum absolute atomic E-state index is 12.4. The van der Waals surface area contributed by atoms with Crippen molar-refractivity contribution in [2.24, 2.45) is 0 Å². The average Bonchev–Trinajstić information content (AvgIpc) is 2.48. The highest BCUT2D eigenvalue weighted by atomic mass is 35.5. The summed E-state index contributed by atoms with van der Waals surface area (Å²) in [5.74, 6) is 0.589. The summed E-state index contributed by atoms with van der Waals surface area (Å²) in [7, 11) is 1.96. The van der Waals surface area contributed by atoms with Crippen molar-refractivity contribution in [1.82, 2.24) is 9.80 Å². The van der Waals surface area contributed by atoms with Crippen LogP contribution in [0.1, 0.15) is 17.9 Å². The van der Waals surface area contributed by atoms with E-state index in [0.29, 0.717) is 23.7 Å². The first kappa shape index (κ1) is 14.5. The van der Waals surface area contributed by atoms with Crippen LogP contribution in [0, 0.1) is 11.3 Å².